The number of nitrogens with one attached hydrogen (secondary N) is 1. The lowest BCUT2D eigenvalue weighted by Gasteiger charge is -2.20. The zero-order valence-electron chi connectivity index (χ0n) is 12.1. The van der Waals surface area contributed by atoms with E-state index in [1.54, 1.807) is 7.11 Å². The number of fused-ring (bicyclic) bond motifs is 1. The Bertz CT molecular complexity index is 524. The first-order valence-corrected chi connectivity index (χ1v) is 6.55. The Morgan fingerprint density at radius 2 is 2.25 bits per heavy atom. The highest BCUT2D eigenvalue weighted by Crippen LogP contribution is 2.35. The van der Waals surface area contributed by atoms with Crippen molar-refractivity contribution in [2.45, 2.75) is 0 Å². The summed E-state index contributed by atoms with van der Waals surface area (Å²) in [5.74, 6) is 1.30. The summed E-state index contributed by atoms with van der Waals surface area (Å²) in [7, 11) is 5.54. The zero-order valence-corrected chi connectivity index (χ0v) is 12.1. The van der Waals surface area contributed by atoms with Crippen LogP contribution in [0.25, 0.3) is 6.08 Å². The summed E-state index contributed by atoms with van der Waals surface area (Å²) in [6.45, 7) is 1.69. The van der Waals surface area contributed by atoms with Crippen LogP contribution in [0.1, 0.15) is 5.56 Å². The van der Waals surface area contributed by atoms with Gasteiger partial charge >= 0.3 is 0 Å². The van der Waals surface area contributed by atoms with Gasteiger partial charge in [0.15, 0.2) is 11.5 Å². The molecular weight excluding hydrogens is 256 g/mol. The monoisotopic (exact) mass is 276 g/mol. The van der Waals surface area contributed by atoms with Gasteiger partial charge in [-0.3, -0.25) is 4.79 Å². The average Bonchev–Trinajstić information content (AvgIpc) is 2.45. The van der Waals surface area contributed by atoms with Crippen LogP contribution >= 0.6 is 0 Å². The van der Waals surface area contributed by atoms with Crippen LogP contribution in [0.3, 0.4) is 0 Å². The lowest BCUT2D eigenvalue weighted by Crippen LogP contribution is -2.34. The fraction of sp³-hybridized carbons (Fsp3) is 0.400. The van der Waals surface area contributed by atoms with Crippen LogP contribution in [-0.2, 0) is 4.79 Å². The molecule has 0 saturated heterocycles. The largest absolute Gasteiger partial charge is 0.493 e. The first-order chi connectivity index (χ1) is 9.61. The lowest BCUT2D eigenvalue weighted by molar-refractivity contribution is -0.117. The fourth-order valence-corrected chi connectivity index (χ4v) is 1.98. The molecule has 0 atom stereocenters. The number of hydrogen-bond acceptors (Lipinski definition) is 4. The second-order valence-electron chi connectivity index (χ2n) is 4.90. The highest BCUT2D eigenvalue weighted by atomic mass is 16.5. The molecule has 20 heavy (non-hydrogen) atoms. The number of likely N-dealkylation sites (N-methyl/N-ethyl adjacent to an activating group) is 1. The van der Waals surface area contributed by atoms with Crippen molar-refractivity contribution in [3.63, 3.8) is 0 Å². The maximum absolute atomic E-state index is 12.0. The summed E-state index contributed by atoms with van der Waals surface area (Å²) in [5, 5.41) is 2.88. The maximum atomic E-state index is 12.0. The van der Waals surface area contributed by atoms with Gasteiger partial charge in [-0.05, 0) is 26.2 Å². The smallest absolute Gasteiger partial charge is 0.250 e. The molecule has 0 saturated carbocycles. The summed E-state index contributed by atoms with van der Waals surface area (Å²) >= 11 is 0. The van der Waals surface area contributed by atoms with E-state index in [1.165, 1.54) is 0 Å². The van der Waals surface area contributed by atoms with Crippen LogP contribution in [-0.4, -0.2) is 51.7 Å². The molecule has 0 aliphatic carbocycles. The van der Waals surface area contributed by atoms with E-state index in [9.17, 15) is 4.79 Å². The molecule has 5 heteroatoms. The van der Waals surface area contributed by atoms with Crippen molar-refractivity contribution in [3.05, 3.63) is 29.3 Å². The Kier molecular flexibility index (Phi) is 4.63. The average molecular weight is 276 g/mol. The molecule has 1 heterocycles. The predicted molar refractivity (Wildman–Crippen MR) is 78.0 cm³/mol. The van der Waals surface area contributed by atoms with Crippen LogP contribution in [0.2, 0.25) is 0 Å². The van der Waals surface area contributed by atoms with Gasteiger partial charge < -0.3 is 19.7 Å². The summed E-state index contributed by atoms with van der Waals surface area (Å²) in [6, 6.07) is 5.63. The number of hydrogen-bond donors (Lipinski definition) is 1. The van der Waals surface area contributed by atoms with E-state index in [4.69, 9.17) is 9.47 Å². The van der Waals surface area contributed by atoms with Crippen molar-refractivity contribution >= 4 is 12.0 Å². The van der Waals surface area contributed by atoms with Crippen LogP contribution in [0.15, 0.2) is 23.8 Å². The molecule has 0 radical (unpaired) electrons. The highest BCUT2D eigenvalue weighted by Gasteiger charge is 2.19. The summed E-state index contributed by atoms with van der Waals surface area (Å²) in [5.41, 5.74) is 1.50. The molecule has 0 spiro atoms. The molecule has 5 nitrogen and oxygen atoms in total. The van der Waals surface area contributed by atoms with Crippen LogP contribution in [0.4, 0.5) is 0 Å². The quantitative estimate of drug-likeness (QED) is 0.876. The molecule has 0 bridgehead atoms. The highest BCUT2D eigenvalue weighted by molar-refractivity contribution is 5.99. The Hall–Kier alpha value is -2.01. The van der Waals surface area contributed by atoms with E-state index in [2.05, 4.69) is 5.32 Å². The van der Waals surface area contributed by atoms with E-state index in [0.29, 0.717) is 23.6 Å². The minimum atomic E-state index is -0.0830. The Morgan fingerprint density at radius 1 is 1.45 bits per heavy atom. The summed E-state index contributed by atoms with van der Waals surface area (Å²) in [4.78, 5) is 14.1. The van der Waals surface area contributed by atoms with Gasteiger partial charge in [0, 0.05) is 18.7 Å². The van der Waals surface area contributed by atoms with Gasteiger partial charge in [0.1, 0.15) is 6.61 Å². The number of amides is 1. The molecular formula is C15H20N2O3. The molecule has 1 aliphatic heterocycles. The van der Waals surface area contributed by atoms with Crippen molar-refractivity contribution in [2.24, 2.45) is 0 Å². The molecule has 0 fully saturated rings. The third-order valence-corrected chi connectivity index (χ3v) is 3.07. The Labute approximate surface area is 119 Å². The number of para-hydroxylation sites is 1. The lowest BCUT2D eigenvalue weighted by atomic mass is 10.1. The van der Waals surface area contributed by atoms with Gasteiger partial charge in [0.25, 0.3) is 5.91 Å². The maximum Gasteiger partial charge on any atom is 0.250 e. The number of carbonyl (C=O) groups excluding carboxylic acids is 1. The molecule has 108 valence electrons. The van der Waals surface area contributed by atoms with E-state index >= 15 is 0 Å². The second-order valence-corrected chi connectivity index (χ2v) is 4.90. The third-order valence-electron chi connectivity index (χ3n) is 3.07. The van der Waals surface area contributed by atoms with Crippen molar-refractivity contribution in [1.82, 2.24) is 10.2 Å². The van der Waals surface area contributed by atoms with E-state index in [0.717, 1.165) is 12.1 Å². The molecule has 1 N–H and O–H groups in total. The number of ether oxygens (including phenoxy) is 2. The summed E-state index contributed by atoms with van der Waals surface area (Å²) < 4.78 is 10.9. The zero-order chi connectivity index (χ0) is 14.5. The fourth-order valence-electron chi connectivity index (χ4n) is 1.98. The van der Waals surface area contributed by atoms with Gasteiger partial charge in [-0.1, -0.05) is 12.1 Å². The molecule has 2 rings (SSSR count). The minimum absolute atomic E-state index is 0.0830. The standard InChI is InChI=1S/C15H20N2O3/c1-17(2)8-7-16-15(18)12-9-11-5-4-6-13(19-3)14(11)20-10-12/h4-6,9H,7-8,10H2,1-3H3,(H,16,18). The topological polar surface area (TPSA) is 50.8 Å². The van der Waals surface area contributed by atoms with E-state index < -0.39 is 0 Å². The first-order valence-electron chi connectivity index (χ1n) is 6.55. The molecule has 0 unspecified atom stereocenters. The normalized spacial score (nSPS) is 13.3. The van der Waals surface area contributed by atoms with Crippen LogP contribution in [0.5, 0.6) is 11.5 Å². The van der Waals surface area contributed by atoms with Crippen molar-refractivity contribution in [3.8, 4) is 11.5 Å². The van der Waals surface area contributed by atoms with Gasteiger partial charge in [-0.15, -0.1) is 0 Å². The number of methoxy groups -OCH3 is 1. The first kappa shape index (κ1) is 14.4. The van der Waals surface area contributed by atoms with Gasteiger partial charge in [-0.2, -0.15) is 0 Å². The number of carbonyl (C=O) groups is 1. The molecule has 1 amide bonds. The molecule has 0 aromatic heterocycles. The van der Waals surface area contributed by atoms with Gasteiger partial charge in [-0.25, -0.2) is 0 Å². The van der Waals surface area contributed by atoms with Crippen molar-refractivity contribution < 1.29 is 14.3 Å². The van der Waals surface area contributed by atoms with Crippen LogP contribution < -0.4 is 14.8 Å². The van der Waals surface area contributed by atoms with E-state index in [-0.39, 0.29) is 12.5 Å². The number of rotatable bonds is 5. The van der Waals surface area contributed by atoms with Crippen molar-refractivity contribution in [2.75, 3.05) is 40.9 Å². The number of benzene rings is 1. The Balaban J connectivity index is 2.07. The second kappa shape index (κ2) is 6.43. The predicted octanol–water partition coefficient (Wildman–Crippen LogP) is 1.15. The minimum Gasteiger partial charge on any atom is -0.493 e. The summed E-state index contributed by atoms with van der Waals surface area (Å²) in [6.07, 6.45) is 1.85. The molecule has 1 aromatic rings. The van der Waals surface area contributed by atoms with Crippen LogP contribution in [0, 0.1) is 0 Å². The molecule has 1 aromatic carbocycles. The van der Waals surface area contributed by atoms with Gasteiger partial charge in [0.2, 0.25) is 0 Å². The molecule has 1 aliphatic rings. The SMILES string of the molecule is COc1cccc2c1OCC(C(=O)NCCN(C)C)=C2. The third kappa shape index (κ3) is 3.30. The number of nitrogens with zero attached hydrogens (tertiary/aromatic N) is 1. The van der Waals surface area contributed by atoms with E-state index in [1.807, 2.05) is 43.3 Å². The Morgan fingerprint density at radius 3 is 2.95 bits per heavy atom. The van der Waals surface area contributed by atoms with Gasteiger partial charge in [0.05, 0.1) is 12.7 Å². The van der Waals surface area contributed by atoms with Crippen molar-refractivity contribution in [1.29, 1.82) is 0 Å².